The van der Waals surface area contributed by atoms with Crippen LogP contribution in [-0.2, 0) is 33.3 Å². The van der Waals surface area contributed by atoms with E-state index in [1.165, 1.54) is 6.92 Å². The van der Waals surface area contributed by atoms with Crippen LogP contribution in [0, 0.1) is 28.1 Å². The van der Waals surface area contributed by atoms with E-state index in [-0.39, 0.29) is 18.8 Å². The second-order valence-electron chi connectivity index (χ2n) is 10.8. The third-order valence-corrected chi connectivity index (χ3v) is 9.83. The van der Waals surface area contributed by atoms with Crippen molar-refractivity contribution in [1.29, 1.82) is 0 Å². The van der Waals surface area contributed by atoms with Crippen LogP contribution in [0.5, 0.6) is 0 Å². The highest BCUT2D eigenvalue weighted by atomic mass is 16.8. The standard InChI is InChI=1S/C20H22O9/c1-7-11(21)26-10-5-16-9-4-8-15(2,3)6-17(24)12(22)28-14(18(8,16)17)29-20(16,13(23)27-9)19(7,10)25/h7-10,14,24-25H,4-6H2,1-3H3/t7-,8+,9-,10+,14+,16-,17-,18-,19-,20-/m1/s1. The lowest BCUT2D eigenvalue weighted by atomic mass is 9.52. The Labute approximate surface area is 165 Å². The Balaban J connectivity index is 1.59. The van der Waals surface area contributed by atoms with Crippen molar-refractivity contribution in [2.24, 2.45) is 28.1 Å². The van der Waals surface area contributed by atoms with E-state index in [0.717, 1.165) is 0 Å². The molecule has 7 rings (SSSR count). The summed E-state index contributed by atoms with van der Waals surface area (Å²) in [7, 11) is 0. The zero-order valence-electron chi connectivity index (χ0n) is 16.3. The van der Waals surface area contributed by atoms with Crippen molar-refractivity contribution < 1.29 is 43.5 Å². The van der Waals surface area contributed by atoms with Crippen LogP contribution in [0.2, 0.25) is 0 Å². The number of esters is 3. The molecule has 0 unspecified atom stereocenters. The van der Waals surface area contributed by atoms with Crippen molar-refractivity contribution in [3.05, 3.63) is 0 Å². The molecule has 0 radical (unpaired) electrons. The number of aliphatic hydroxyl groups is 2. The van der Waals surface area contributed by atoms with E-state index in [2.05, 4.69) is 0 Å². The van der Waals surface area contributed by atoms with Gasteiger partial charge in [-0.1, -0.05) is 13.8 Å². The summed E-state index contributed by atoms with van der Waals surface area (Å²) in [5.74, 6) is -3.38. The van der Waals surface area contributed by atoms with Gasteiger partial charge < -0.3 is 29.2 Å². The predicted octanol–water partition coefficient (Wildman–Crippen LogP) is -0.586. The summed E-state index contributed by atoms with van der Waals surface area (Å²) >= 11 is 0. The molecule has 4 aliphatic heterocycles. The van der Waals surface area contributed by atoms with Gasteiger partial charge in [-0.25, -0.2) is 9.59 Å². The molecule has 0 aromatic carbocycles. The summed E-state index contributed by atoms with van der Waals surface area (Å²) in [6.45, 7) is 5.48. The van der Waals surface area contributed by atoms with E-state index in [1.54, 1.807) is 0 Å². The van der Waals surface area contributed by atoms with Crippen molar-refractivity contribution in [1.82, 2.24) is 0 Å². The Kier molecular flexibility index (Phi) is 2.32. The van der Waals surface area contributed by atoms with Crippen molar-refractivity contribution in [2.45, 2.75) is 75.3 Å². The minimum absolute atomic E-state index is 0.0814. The van der Waals surface area contributed by atoms with Gasteiger partial charge >= 0.3 is 17.9 Å². The maximum atomic E-state index is 13.4. The maximum Gasteiger partial charge on any atom is 0.342 e. The maximum absolute atomic E-state index is 13.4. The van der Waals surface area contributed by atoms with E-state index < -0.39 is 75.4 Å². The highest BCUT2D eigenvalue weighted by molar-refractivity contribution is 5.94. The van der Waals surface area contributed by atoms with Crippen LogP contribution in [0.4, 0.5) is 0 Å². The third-order valence-electron chi connectivity index (χ3n) is 9.83. The lowest BCUT2D eigenvalue weighted by Crippen LogP contribution is -2.67. The SMILES string of the molecule is C[C@@H]1C(=O)O[C@H]2C[C@]34[C@H]5C[C@H]6C(C)(C)C[C@@]7(O)C(=O)O[C@@H](O[C@@]3(C(=O)O5)[C@]21O)[C@]647. The van der Waals surface area contributed by atoms with E-state index >= 15 is 0 Å². The molecule has 3 saturated carbocycles. The highest BCUT2D eigenvalue weighted by Crippen LogP contribution is 2.89. The summed E-state index contributed by atoms with van der Waals surface area (Å²) in [6.07, 6.45) is -2.13. The Morgan fingerprint density at radius 1 is 1.00 bits per heavy atom. The van der Waals surface area contributed by atoms with Gasteiger partial charge in [0, 0.05) is 6.42 Å². The van der Waals surface area contributed by atoms with Crippen LogP contribution in [0.25, 0.3) is 0 Å². The second-order valence-corrected chi connectivity index (χ2v) is 10.8. The van der Waals surface area contributed by atoms with E-state index in [0.29, 0.717) is 6.42 Å². The molecule has 3 aliphatic carbocycles. The van der Waals surface area contributed by atoms with Gasteiger partial charge in [-0.15, -0.1) is 0 Å². The molecule has 29 heavy (non-hydrogen) atoms. The van der Waals surface area contributed by atoms with Gasteiger partial charge in [-0.3, -0.25) is 4.79 Å². The van der Waals surface area contributed by atoms with Gasteiger partial charge in [-0.05, 0) is 31.1 Å². The zero-order valence-corrected chi connectivity index (χ0v) is 16.3. The Morgan fingerprint density at radius 3 is 2.45 bits per heavy atom. The fourth-order valence-electron chi connectivity index (χ4n) is 9.16. The molecule has 7 aliphatic rings. The fourth-order valence-corrected chi connectivity index (χ4v) is 9.16. The summed E-state index contributed by atoms with van der Waals surface area (Å²) in [5, 5.41) is 23.7. The molecule has 4 saturated heterocycles. The number of carbonyl (C=O) groups excluding carboxylic acids is 3. The molecule has 7 fully saturated rings. The zero-order chi connectivity index (χ0) is 20.6. The van der Waals surface area contributed by atoms with E-state index in [4.69, 9.17) is 18.9 Å². The van der Waals surface area contributed by atoms with Crippen molar-refractivity contribution in [3.63, 3.8) is 0 Å². The normalized spacial score (nSPS) is 64.4. The van der Waals surface area contributed by atoms with Crippen LogP contribution < -0.4 is 0 Å². The van der Waals surface area contributed by atoms with Crippen LogP contribution in [0.1, 0.15) is 40.0 Å². The lowest BCUT2D eigenvalue weighted by molar-refractivity contribution is -0.238. The minimum Gasteiger partial charge on any atom is -0.459 e. The van der Waals surface area contributed by atoms with Gasteiger partial charge in [0.25, 0.3) is 0 Å². The second kappa shape index (κ2) is 3.94. The molecule has 156 valence electrons. The summed E-state index contributed by atoms with van der Waals surface area (Å²) in [4.78, 5) is 38.6. The number of fused-ring (bicyclic) bond motifs is 1. The Morgan fingerprint density at radius 2 is 1.72 bits per heavy atom. The van der Waals surface area contributed by atoms with Gasteiger partial charge in [0.05, 0.1) is 16.7 Å². The first kappa shape index (κ1) is 17.0. The number of hydrogen-bond acceptors (Lipinski definition) is 9. The molecule has 0 amide bonds. The summed E-state index contributed by atoms with van der Waals surface area (Å²) in [5.41, 5.74) is -8.64. The summed E-state index contributed by atoms with van der Waals surface area (Å²) in [6, 6.07) is 0. The fraction of sp³-hybridized carbons (Fsp3) is 0.850. The molecule has 9 nitrogen and oxygen atoms in total. The average molecular weight is 406 g/mol. The number of rotatable bonds is 0. The van der Waals surface area contributed by atoms with Gasteiger partial charge in [0.15, 0.2) is 11.2 Å². The number of carbonyl (C=O) groups is 3. The van der Waals surface area contributed by atoms with Crippen LogP contribution >= 0.6 is 0 Å². The molecule has 0 aromatic rings. The first-order valence-corrected chi connectivity index (χ1v) is 10.2. The van der Waals surface area contributed by atoms with Crippen LogP contribution in [-0.4, -0.2) is 63.4 Å². The third kappa shape index (κ3) is 1.11. The van der Waals surface area contributed by atoms with Crippen LogP contribution in [0.3, 0.4) is 0 Å². The Bertz CT molecular complexity index is 960. The molecular weight excluding hydrogens is 384 g/mol. The number of hydrogen-bond donors (Lipinski definition) is 2. The van der Waals surface area contributed by atoms with Gasteiger partial charge in [0.2, 0.25) is 11.9 Å². The largest absolute Gasteiger partial charge is 0.459 e. The van der Waals surface area contributed by atoms with E-state index in [9.17, 15) is 24.6 Å². The molecule has 10 atom stereocenters. The van der Waals surface area contributed by atoms with Crippen LogP contribution in [0.15, 0.2) is 0 Å². The van der Waals surface area contributed by atoms with Crippen molar-refractivity contribution >= 4 is 17.9 Å². The van der Waals surface area contributed by atoms with E-state index in [1.807, 2.05) is 13.8 Å². The number of ether oxygens (including phenoxy) is 4. The quantitative estimate of drug-likeness (QED) is 0.401. The molecule has 0 bridgehead atoms. The van der Waals surface area contributed by atoms with Crippen molar-refractivity contribution in [2.75, 3.05) is 0 Å². The summed E-state index contributed by atoms with van der Waals surface area (Å²) < 4.78 is 23.1. The molecular formula is C20H22O9. The molecule has 0 aromatic heterocycles. The lowest BCUT2D eigenvalue weighted by Gasteiger charge is -2.44. The van der Waals surface area contributed by atoms with Crippen molar-refractivity contribution in [3.8, 4) is 0 Å². The first-order chi connectivity index (χ1) is 13.4. The Hall–Kier alpha value is -1.71. The average Bonchev–Trinajstić information content (AvgIpc) is 3.34. The van der Waals surface area contributed by atoms with Gasteiger partial charge in [0.1, 0.15) is 12.2 Å². The molecule has 9 heteroatoms. The minimum atomic E-state index is -1.95. The molecule has 2 spiro atoms. The topological polar surface area (TPSA) is 129 Å². The highest BCUT2D eigenvalue weighted by Gasteiger charge is 3.04. The monoisotopic (exact) mass is 406 g/mol. The first-order valence-electron chi connectivity index (χ1n) is 10.2. The molecule has 4 heterocycles. The predicted molar refractivity (Wildman–Crippen MR) is 88.5 cm³/mol. The molecule has 2 N–H and O–H groups in total. The smallest absolute Gasteiger partial charge is 0.342 e. The van der Waals surface area contributed by atoms with Gasteiger partial charge in [-0.2, -0.15) is 0 Å².